The van der Waals surface area contributed by atoms with Gasteiger partial charge in [0.25, 0.3) is 5.91 Å². The topological polar surface area (TPSA) is 83.0 Å². The number of methoxy groups -OCH3 is 1. The van der Waals surface area contributed by atoms with Crippen molar-refractivity contribution >= 4 is 17.8 Å². The van der Waals surface area contributed by atoms with Crippen molar-refractivity contribution in [3.8, 4) is 0 Å². The summed E-state index contributed by atoms with van der Waals surface area (Å²) in [6.45, 7) is 1.20. The van der Waals surface area contributed by atoms with Crippen LogP contribution in [0.3, 0.4) is 0 Å². The van der Waals surface area contributed by atoms with E-state index in [0.717, 1.165) is 10.5 Å². The van der Waals surface area contributed by atoms with Gasteiger partial charge >= 0.3 is 6.03 Å². The molecule has 130 valence electrons. The van der Waals surface area contributed by atoms with Crippen molar-refractivity contribution in [2.45, 2.75) is 19.0 Å². The molecule has 0 bridgehead atoms. The number of carbonyl (C=O) groups excluding carboxylic acids is 3. The van der Waals surface area contributed by atoms with Gasteiger partial charge in [0.15, 0.2) is 0 Å². The summed E-state index contributed by atoms with van der Waals surface area (Å²) in [6.07, 6.45) is 3.28. The van der Waals surface area contributed by atoms with Crippen molar-refractivity contribution < 1.29 is 19.1 Å². The number of hydrogen-bond donors (Lipinski definition) is 0. The van der Waals surface area contributed by atoms with Crippen molar-refractivity contribution in [1.82, 2.24) is 19.7 Å². The monoisotopic (exact) mass is 334 g/mol. The highest BCUT2D eigenvalue weighted by atomic mass is 16.5. The Bertz CT molecular complexity index is 607. The highest BCUT2D eigenvalue weighted by Crippen LogP contribution is 2.18. The van der Waals surface area contributed by atoms with E-state index in [9.17, 15) is 14.4 Å². The summed E-state index contributed by atoms with van der Waals surface area (Å²) in [6, 6.07) is 2.52. The van der Waals surface area contributed by atoms with Crippen LogP contribution in [-0.2, 0) is 20.9 Å². The predicted octanol–water partition coefficient (Wildman–Crippen LogP) is 0.339. The SMILES string of the molecule is COCCN(Cc1ccncc1)C(=O)C[C@H]1C(=O)N(C)C(=O)N1C. The van der Waals surface area contributed by atoms with Gasteiger partial charge < -0.3 is 14.5 Å². The van der Waals surface area contributed by atoms with Crippen LogP contribution < -0.4 is 0 Å². The molecule has 24 heavy (non-hydrogen) atoms. The molecule has 0 saturated carbocycles. The summed E-state index contributed by atoms with van der Waals surface area (Å²) in [5.41, 5.74) is 0.939. The van der Waals surface area contributed by atoms with Gasteiger partial charge in [-0.05, 0) is 17.7 Å². The Morgan fingerprint density at radius 1 is 1.29 bits per heavy atom. The molecular weight excluding hydrogens is 312 g/mol. The Balaban J connectivity index is 2.07. The third-order valence-corrected chi connectivity index (χ3v) is 4.08. The average Bonchev–Trinajstić information content (AvgIpc) is 2.77. The van der Waals surface area contributed by atoms with Crippen LogP contribution in [-0.4, -0.2) is 77.9 Å². The van der Waals surface area contributed by atoms with Gasteiger partial charge in [0.05, 0.1) is 13.0 Å². The van der Waals surface area contributed by atoms with Crippen LogP contribution >= 0.6 is 0 Å². The van der Waals surface area contributed by atoms with Crippen molar-refractivity contribution in [3.63, 3.8) is 0 Å². The minimum absolute atomic E-state index is 0.0415. The van der Waals surface area contributed by atoms with E-state index in [-0.39, 0.29) is 18.2 Å². The van der Waals surface area contributed by atoms with Crippen LogP contribution in [0.1, 0.15) is 12.0 Å². The fourth-order valence-electron chi connectivity index (χ4n) is 2.57. The molecule has 8 heteroatoms. The number of pyridine rings is 1. The molecule has 0 aromatic carbocycles. The molecule has 2 heterocycles. The lowest BCUT2D eigenvalue weighted by Crippen LogP contribution is -2.40. The Hall–Kier alpha value is -2.48. The number of hydrogen-bond acceptors (Lipinski definition) is 5. The number of urea groups is 1. The Morgan fingerprint density at radius 3 is 2.50 bits per heavy atom. The lowest BCUT2D eigenvalue weighted by molar-refractivity contribution is -0.137. The maximum absolute atomic E-state index is 12.7. The molecule has 0 spiro atoms. The first-order valence-corrected chi connectivity index (χ1v) is 7.65. The summed E-state index contributed by atoms with van der Waals surface area (Å²) in [7, 11) is 4.52. The molecule has 1 aromatic rings. The normalized spacial score (nSPS) is 17.5. The third kappa shape index (κ3) is 3.88. The molecule has 0 N–H and O–H groups in total. The summed E-state index contributed by atoms with van der Waals surface area (Å²) in [4.78, 5) is 44.5. The van der Waals surface area contributed by atoms with E-state index in [1.54, 1.807) is 24.4 Å². The predicted molar refractivity (Wildman–Crippen MR) is 85.9 cm³/mol. The van der Waals surface area contributed by atoms with Gasteiger partial charge in [-0.3, -0.25) is 19.5 Å². The summed E-state index contributed by atoms with van der Waals surface area (Å²) < 4.78 is 5.06. The zero-order valence-electron chi connectivity index (χ0n) is 14.1. The number of aromatic nitrogens is 1. The Labute approximate surface area is 141 Å². The van der Waals surface area contributed by atoms with Crippen LogP contribution in [0.15, 0.2) is 24.5 Å². The maximum Gasteiger partial charge on any atom is 0.326 e. The van der Waals surface area contributed by atoms with E-state index in [0.29, 0.717) is 19.7 Å². The van der Waals surface area contributed by atoms with Crippen LogP contribution in [0.5, 0.6) is 0 Å². The number of carbonyl (C=O) groups is 3. The van der Waals surface area contributed by atoms with Gasteiger partial charge in [-0.2, -0.15) is 0 Å². The van der Waals surface area contributed by atoms with Crippen molar-refractivity contribution in [3.05, 3.63) is 30.1 Å². The quantitative estimate of drug-likeness (QED) is 0.672. The van der Waals surface area contributed by atoms with Gasteiger partial charge in [0, 0.05) is 46.7 Å². The van der Waals surface area contributed by atoms with Crippen LogP contribution in [0.4, 0.5) is 4.79 Å². The van der Waals surface area contributed by atoms with E-state index in [1.165, 1.54) is 19.0 Å². The summed E-state index contributed by atoms with van der Waals surface area (Å²) in [5.74, 6) is -0.552. The van der Waals surface area contributed by atoms with E-state index >= 15 is 0 Å². The highest BCUT2D eigenvalue weighted by Gasteiger charge is 2.42. The lowest BCUT2D eigenvalue weighted by atomic mass is 10.1. The van der Waals surface area contributed by atoms with Gasteiger partial charge in [-0.25, -0.2) is 4.79 Å². The van der Waals surface area contributed by atoms with Crippen molar-refractivity contribution in [2.75, 3.05) is 34.4 Å². The summed E-state index contributed by atoms with van der Waals surface area (Å²) >= 11 is 0. The Kier molecular flexibility index (Phi) is 5.86. The third-order valence-electron chi connectivity index (χ3n) is 4.08. The van der Waals surface area contributed by atoms with E-state index in [4.69, 9.17) is 4.74 Å². The van der Waals surface area contributed by atoms with Crippen LogP contribution in [0.2, 0.25) is 0 Å². The second kappa shape index (κ2) is 7.87. The van der Waals surface area contributed by atoms with Gasteiger partial charge in [-0.15, -0.1) is 0 Å². The molecule has 1 aliphatic heterocycles. The standard InChI is InChI=1S/C16H22N4O4/c1-18-13(15(22)19(2)16(18)23)10-14(21)20(8-9-24-3)11-12-4-6-17-7-5-12/h4-7,13H,8-11H2,1-3H3/t13-/m0/s1. The molecule has 2 rings (SSSR count). The molecule has 1 aliphatic rings. The molecular formula is C16H22N4O4. The molecule has 0 aliphatic carbocycles. The maximum atomic E-state index is 12.7. The van der Waals surface area contributed by atoms with E-state index in [1.807, 2.05) is 12.1 Å². The molecule has 1 saturated heterocycles. The van der Waals surface area contributed by atoms with E-state index < -0.39 is 12.1 Å². The zero-order valence-corrected chi connectivity index (χ0v) is 14.1. The minimum Gasteiger partial charge on any atom is -0.383 e. The number of ether oxygens (including phenoxy) is 1. The second-order valence-electron chi connectivity index (χ2n) is 5.67. The van der Waals surface area contributed by atoms with Gasteiger partial charge in [0.1, 0.15) is 6.04 Å². The average molecular weight is 334 g/mol. The Morgan fingerprint density at radius 2 is 1.96 bits per heavy atom. The van der Waals surface area contributed by atoms with Crippen molar-refractivity contribution in [2.24, 2.45) is 0 Å². The summed E-state index contributed by atoms with van der Waals surface area (Å²) in [5, 5.41) is 0. The number of amides is 4. The molecule has 0 unspecified atom stereocenters. The minimum atomic E-state index is -0.752. The zero-order chi connectivity index (χ0) is 17.7. The first-order valence-electron chi connectivity index (χ1n) is 7.65. The molecule has 1 aromatic heterocycles. The van der Waals surface area contributed by atoms with Gasteiger partial charge in [0.2, 0.25) is 5.91 Å². The van der Waals surface area contributed by atoms with Gasteiger partial charge in [-0.1, -0.05) is 0 Å². The smallest absolute Gasteiger partial charge is 0.326 e. The number of rotatable bonds is 7. The highest BCUT2D eigenvalue weighted by molar-refractivity contribution is 6.05. The molecule has 8 nitrogen and oxygen atoms in total. The number of likely N-dealkylation sites (N-methyl/N-ethyl adjacent to an activating group) is 2. The lowest BCUT2D eigenvalue weighted by Gasteiger charge is -2.25. The molecule has 0 radical (unpaired) electrons. The van der Waals surface area contributed by atoms with E-state index in [2.05, 4.69) is 4.98 Å². The second-order valence-corrected chi connectivity index (χ2v) is 5.67. The first kappa shape index (κ1) is 17.9. The van der Waals surface area contributed by atoms with Crippen molar-refractivity contribution in [1.29, 1.82) is 0 Å². The fraction of sp³-hybridized carbons (Fsp3) is 0.500. The number of imide groups is 1. The number of nitrogens with zero attached hydrogens (tertiary/aromatic N) is 4. The molecule has 4 amide bonds. The molecule has 1 fully saturated rings. The first-order chi connectivity index (χ1) is 11.5. The van der Waals surface area contributed by atoms with Crippen LogP contribution in [0, 0.1) is 0 Å². The molecule has 1 atom stereocenters. The fourth-order valence-corrected chi connectivity index (χ4v) is 2.57. The van der Waals surface area contributed by atoms with Crippen LogP contribution in [0.25, 0.3) is 0 Å². The largest absolute Gasteiger partial charge is 0.383 e.